The van der Waals surface area contributed by atoms with E-state index in [2.05, 4.69) is 17.2 Å². The molecule has 28 heavy (non-hydrogen) atoms. The summed E-state index contributed by atoms with van der Waals surface area (Å²) in [5.41, 5.74) is -0.849. The van der Waals surface area contributed by atoms with Crippen molar-refractivity contribution in [2.24, 2.45) is 11.8 Å². The monoisotopic (exact) mass is 392 g/mol. The van der Waals surface area contributed by atoms with E-state index in [4.69, 9.17) is 0 Å². The van der Waals surface area contributed by atoms with E-state index >= 15 is 0 Å². The van der Waals surface area contributed by atoms with Gasteiger partial charge in [0, 0.05) is 12.6 Å². The Labute approximate surface area is 161 Å². The number of carbonyl (C=O) groups is 1. The molecular weight excluding hydrogens is 369 g/mol. The number of halogens is 3. The van der Waals surface area contributed by atoms with Gasteiger partial charge in [0.05, 0.1) is 17.4 Å². The number of fused-ring (bicyclic) bond motifs is 1. The maximum Gasteiger partial charge on any atom is 0.418 e. The highest BCUT2D eigenvalue weighted by Crippen LogP contribution is 2.39. The molecule has 2 aromatic rings. The molecule has 1 saturated heterocycles. The third-order valence-corrected chi connectivity index (χ3v) is 6.17. The number of aromatic nitrogens is 3. The van der Waals surface area contributed by atoms with Gasteiger partial charge in [-0.05, 0) is 43.2 Å². The molecule has 2 fully saturated rings. The maximum absolute atomic E-state index is 13.3. The molecule has 1 saturated carbocycles. The highest BCUT2D eigenvalue weighted by molar-refractivity contribution is 5.92. The van der Waals surface area contributed by atoms with Crippen molar-refractivity contribution in [3.8, 4) is 5.69 Å². The lowest BCUT2D eigenvalue weighted by Gasteiger charge is -2.47. The van der Waals surface area contributed by atoms with Crippen LogP contribution in [-0.2, 0) is 6.18 Å². The molecule has 0 N–H and O–H groups in total. The van der Waals surface area contributed by atoms with Gasteiger partial charge in [-0.25, -0.2) is 4.68 Å². The van der Waals surface area contributed by atoms with Crippen molar-refractivity contribution in [3.05, 3.63) is 41.7 Å². The summed E-state index contributed by atoms with van der Waals surface area (Å²) >= 11 is 0. The zero-order valence-corrected chi connectivity index (χ0v) is 15.7. The number of benzene rings is 1. The van der Waals surface area contributed by atoms with E-state index in [9.17, 15) is 18.0 Å². The van der Waals surface area contributed by atoms with E-state index in [-0.39, 0.29) is 23.3 Å². The van der Waals surface area contributed by atoms with Crippen molar-refractivity contribution < 1.29 is 18.0 Å². The molecule has 0 spiro atoms. The van der Waals surface area contributed by atoms with Crippen LogP contribution < -0.4 is 0 Å². The molecule has 8 heteroatoms. The summed E-state index contributed by atoms with van der Waals surface area (Å²) in [5, 5.41) is 7.72. The highest BCUT2D eigenvalue weighted by atomic mass is 19.4. The first kappa shape index (κ1) is 19.0. The van der Waals surface area contributed by atoms with Gasteiger partial charge in [-0.15, -0.1) is 5.10 Å². The van der Waals surface area contributed by atoms with E-state index in [0.717, 1.165) is 36.4 Å². The molecule has 1 aliphatic carbocycles. The van der Waals surface area contributed by atoms with Crippen LogP contribution in [0.25, 0.3) is 5.69 Å². The van der Waals surface area contributed by atoms with Gasteiger partial charge in [-0.1, -0.05) is 37.1 Å². The van der Waals surface area contributed by atoms with Crippen LogP contribution in [0.4, 0.5) is 13.2 Å². The van der Waals surface area contributed by atoms with E-state index < -0.39 is 11.7 Å². The Hall–Kier alpha value is -2.38. The second kappa shape index (κ2) is 7.22. The first-order chi connectivity index (χ1) is 13.4. The second-order valence-corrected chi connectivity index (χ2v) is 7.84. The third-order valence-electron chi connectivity index (χ3n) is 6.17. The van der Waals surface area contributed by atoms with Gasteiger partial charge in [0.2, 0.25) is 0 Å². The smallest absolute Gasteiger partial charge is 0.334 e. The number of para-hydroxylation sites is 1. The van der Waals surface area contributed by atoms with Crippen molar-refractivity contribution in [1.29, 1.82) is 0 Å². The highest BCUT2D eigenvalue weighted by Gasteiger charge is 2.40. The number of hydrogen-bond acceptors (Lipinski definition) is 3. The average Bonchev–Trinajstić information content (AvgIpc) is 3.17. The van der Waals surface area contributed by atoms with Gasteiger partial charge >= 0.3 is 6.18 Å². The van der Waals surface area contributed by atoms with Crippen LogP contribution in [0, 0.1) is 11.8 Å². The number of nitrogens with zero attached hydrogens (tertiary/aromatic N) is 4. The average molecular weight is 392 g/mol. The van der Waals surface area contributed by atoms with Crippen LogP contribution in [0.15, 0.2) is 30.5 Å². The molecule has 4 rings (SSSR count). The minimum absolute atomic E-state index is 0.0934. The predicted molar refractivity (Wildman–Crippen MR) is 96.9 cm³/mol. The normalized spacial score (nSPS) is 25.4. The summed E-state index contributed by atoms with van der Waals surface area (Å²) in [4.78, 5) is 14.9. The molecule has 150 valence electrons. The van der Waals surface area contributed by atoms with E-state index in [1.165, 1.54) is 30.8 Å². The fourth-order valence-corrected chi connectivity index (χ4v) is 4.71. The lowest BCUT2D eigenvalue weighted by atomic mass is 9.72. The molecule has 0 radical (unpaired) electrons. The second-order valence-electron chi connectivity index (χ2n) is 7.84. The van der Waals surface area contributed by atoms with Gasteiger partial charge < -0.3 is 4.90 Å². The van der Waals surface area contributed by atoms with Crippen LogP contribution >= 0.6 is 0 Å². The zero-order chi connectivity index (χ0) is 19.9. The Bertz CT molecular complexity index is 863. The first-order valence-electron chi connectivity index (χ1n) is 9.76. The number of rotatable bonds is 2. The van der Waals surface area contributed by atoms with Gasteiger partial charge in [-0.3, -0.25) is 4.79 Å². The summed E-state index contributed by atoms with van der Waals surface area (Å²) in [5.74, 6) is 0.843. The van der Waals surface area contributed by atoms with Gasteiger partial charge in [0.15, 0.2) is 5.69 Å². The minimum atomic E-state index is -4.51. The topological polar surface area (TPSA) is 51.0 Å². The van der Waals surface area contributed by atoms with Crippen LogP contribution in [0.3, 0.4) is 0 Å². The summed E-state index contributed by atoms with van der Waals surface area (Å²) < 4.78 is 40.9. The molecule has 5 nitrogen and oxygen atoms in total. The van der Waals surface area contributed by atoms with Gasteiger partial charge in [-0.2, -0.15) is 13.2 Å². The summed E-state index contributed by atoms with van der Waals surface area (Å²) in [6.45, 7) is 2.91. The number of piperidine rings is 1. The van der Waals surface area contributed by atoms with Crippen molar-refractivity contribution in [2.45, 2.75) is 51.2 Å². The Morgan fingerprint density at radius 1 is 1.14 bits per heavy atom. The van der Waals surface area contributed by atoms with Crippen molar-refractivity contribution >= 4 is 5.91 Å². The lowest BCUT2D eigenvalue weighted by Crippen LogP contribution is -2.52. The molecule has 1 aromatic heterocycles. The minimum Gasteiger partial charge on any atom is -0.334 e. The quantitative estimate of drug-likeness (QED) is 0.765. The molecule has 0 bridgehead atoms. The summed E-state index contributed by atoms with van der Waals surface area (Å²) in [6.07, 6.45) is 2.14. The lowest BCUT2D eigenvalue weighted by molar-refractivity contribution is -0.137. The van der Waals surface area contributed by atoms with Crippen molar-refractivity contribution in [2.75, 3.05) is 6.54 Å². The molecule has 3 unspecified atom stereocenters. The van der Waals surface area contributed by atoms with Crippen LogP contribution in [0.1, 0.15) is 55.1 Å². The fraction of sp³-hybridized carbons (Fsp3) is 0.550. The predicted octanol–water partition coefficient (Wildman–Crippen LogP) is 4.33. The van der Waals surface area contributed by atoms with E-state index in [1.54, 1.807) is 0 Å². The Balaban J connectivity index is 1.61. The zero-order valence-electron chi connectivity index (χ0n) is 15.7. The number of hydrogen-bond donors (Lipinski definition) is 0. The molecule has 2 aliphatic rings. The van der Waals surface area contributed by atoms with Gasteiger partial charge in [0.25, 0.3) is 5.91 Å². The van der Waals surface area contributed by atoms with Crippen molar-refractivity contribution in [1.82, 2.24) is 19.9 Å². The fourth-order valence-electron chi connectivity index (χ4n) is 4.71. The summed E-state index contributed by atoms with van der Waals surface area (Å²) in [7, 11) is 0. The molecule has 3 atom stereocenters. The van der Waals surface area contributed by atoms with E-state index in [1.807, 2.05) is 4.90 Å². The van der Waals surface area contributed by atoms with Crippen LogP contribution in [-0.4, -0.2) is 38.4 Å². The molecular formula is C20H23F3N4O. The number of likely N-dealkylation sites (tertiary alicyclic amines) is 1. The Kier molecular flexibility index (Phi) is 4.89. The SMILES string of the molecule is CC1CCN(C(=O)c2cn(-c3ccccc3C(F)(F)F)nn2)C2CCCCC12. The Morgan fingerprint density at radius 2 is 1.89 bits per heavy atom. The molecule has 1 aliphatic heterocycles. The molecule has 2 heterocycles. The largest absolute Gasteiger partial charge is 0.418 e. The maximum atomic E-state index is 13.3. The van der Waals surface area contributed by atoms with Crippen molar-refractivity contribution in [3.63, 3.8) is 0 Å². The first-order valence-corrected chi connectivity index (χ1v) is 9.76. The standard InChI is InChI=1S/C20H23F3N4O/c1-13-10-11-26(17-8-4-2-6-14(13)17)19(28)16-12-27(25-24-16)18-9-5-3-7-15(18)20(21,22)23/h3,5,7,9,12-14,17H,2,4,6,8,10-11H2,1H3. The Morgan fingerprint density at radius 3 is 2.68 bits per heavy atom. The third kappa shape index (κ3) is 3.40. The van der Waals surface area contributed by atoms with Crippen LogP contribution in [0.2, 0.25) is 0 Å². The number of amides is 1. The van der Waals surface area contributed by atoms with E-state index in [0.29, 0.717) is 18.4 Å². The number of alkyl halides is 3. The van der Waals surface area contributed by atoms with Gasteiger partial charge in [0.1, 0.15) is 0 Å². The molecule has 1 aromatic carbocycles. The van der Waals surface area contributed by atoms with Crippen LogP contribution in [0.5, 0.6) is 0 Å². The summed E-state index contributed by atoms with van der Waals surface area (Å²) in [6, 6.07) is 5.35. The number of carbonyl (C=O) groups excluding carboxylic acids is 1. The molecule has 1 amide bonds.